The van der Waals surface area contributed by atoms with Crippen molar-refractivity contribution in [1.29, 1.82) is 0 Å². The molecule has 1 saturated heterocycles. The van der Waals surface area contributed by atoms with Gasteiger partial charge in [-0.15, -0.1) is 0 Å². The van der Waals surface area contributed by atoms with E-state index >= 15 is 0 Å². The largest absolute Gasteiger partial charge is 0.497 e. The second-order valence-electron chi connectivity index (χ2n) is 8.13. The molecule has 0 unspecified atom stereocenters. The SMILES string of the molecule is COc1ccc2c(C)c(CCC(=O)N3CCC(Oc4ccc(F)cc4F)CC3)c(=O)oc2c1. The van der Waals surface area contributed by atoms with E-state index in [1.165, 1.54) is 6.07 Å². The normalized spacial score (nSPS) is 14.5. The smallest absolute Gasteiger partial charge is 0.339 e. The molecule has 0 bridgehead atoms. The van der Waals surface area contributed by atoms with Crippen molar-refractivity contribution >= 4 is 16.9 Å². The number of halogens is 2. The maximum absolute atomic E-state index is 13.8. The highest BCUT2D eigenvalue weighted by Crippen LogP contribution is 2.26. The van der Waals surface area contributed by atoms with Gasteiger partial charge in [-0.05, 0) is 43.2 Å². The standard InChI is InChI=1S/C25H25F2NO5/c1-15-19-5-4-18(31-2)14-23(19)33-25(30)20(15)6-8-24(29)28-11-9-17(10-12-28)32-22-7-3-16(26)13-21(22)27/h3-5,7,13-14,17H,6,8-12H2,1-2H3. The molecule has 33 heavy (non-hydrogen) atoms. The Bertz CT molecular complexity index is 1230. The van der Waals surface area contributed by atoms with Crippen molar-refractivity contribution in [2.24, 2.45) is 0 Å². The summed E-state index contributed by atoms with van der Waals surface area (Å²) in [6.07, 6.45) is 1.31. The molecule has 1 aliphatic rings. The Morgan fingerprint density at radius 3 is 2.61 bits per heavy atom. The first-order valence-electron chi connectivity index (χ1n) is 10.9. The highest BCUT2D eigenvalue weighted by molar-refractivity contribution is 5.82. The maximum Gasteiger partial charge on any atom is 0.339 e. The molecule has 0 radical (unpaired) electrons. The molecule has 0 N–H and O–H groups in total. The van der Waals surface area contributed by atoms with Crippen LogP contribution in [0.25, 0.3) is 11.0 Å². The summed E-state index contributed by atoms with van der Waals surface area (Å²) in [5.74, 6) is -0.845. The summed E-state index contributed by atoms with van der Waals surface area (Å²) in [7, 11) is 1.54. The van der Waals surface area contributed by atoms with E-state index in [4.69, 9.17) is 13.9 Å². The number of hydrogen-bond acceptors (Lipinski definition) is 5. The summed E-state index contributed by atoms with van der Waals surface area (Å²) >= 11 is 0. The van der Waals surface area contributed by atoms with E-state index in [-0.39, 0.29) is 30.6 Å². The van der Waals surface area contributed by atoms with Gasteiger partial charge in [0.1, 0.15) is 23.3 Å². The number of nitrogens with zero attached hydrogens (tertiary/aromatic N) is 1. The summed E-state index contributed by atoms with van der Waals surface area (Å²) in [4.78, 5) is 27.0. The van der Waals surface area contributed by atoms with Crippen LogP contribution in [0.15, 0.2) is 45.6 Å². The Balaban J connectivity index is 1.35. The van der Waals surface area contributed by atoms with Crippen molar-refractivity contribution in [3.8, 4) is 11.5 Å². The van der Waals surface area contributed by atoms with E-state index in [2.05, 4.69) is 0 Å². The predicted octanol–water partition coefficient (Wildman–Crippen LogP) is 4.39. The van der Waals surface area contributed by atoms with E-state index in [9.17, 15) is 18.4 Å². The molecule has 1 amide bonds. The van der Waals surface area contributed by atoms with E-state index in [1.807, 2.05) is 13.0 Å². The van der Waals surface area contributed by atoms with Crippen LogP contribution in [0, 0.1) is 18.6 Å². The minimum Gasteiger partial charge on any atom is -0.497 e. The lowest BCUT2D eigenvalue weighted by molar-refractivity contribution is -0.132. The van der Waals surface area contributed by atoms with Gasteiger partial charge in [-0.3, -0.25) is 4.79 Å². The molecule has 8 heteroatoms. The van der Waals surface area contributed by atoms with E-state index in [0.717, 1.165) is 23.1 Å². The number of likely N-dealkylation sites (tertiary alicyclic amines) is 1. The van der Waals surface area contributed by atoms with Crippen LogP contribution in [0.1, 0.15) is 30.4 Å². The number of carbonyl (C=O) groups excluding carboxylic acids is 1. The number of benzene rings is 2. The first-order valence-corrected chi connectivity index (χ1v) is 10.9. The van der Waals surface area contributed by atoms with E-state index in [1.54, 1.807) is 24.1 Å². The molecule has 4 rings (SSSR count). The monoisotopic (exact) mass is 457 g/mol. The van der Waals surface area contributed by atoms with Gasteiger partial charge in [0.15, 0.2) is 11.6 Å². The van der Waals surface area contributed by atoms with Gasteiger partial charge in [0.05, 0.1) is 7.11 Å². The van der Waals surface area contributed by atoms with Crippen molar-refractivity contribution in [3.63, 3.8) is 0 Å². The zero-order valence-corrected chi connectivity index (χ0v) is 18.5. The number of ether oxygens (including phenoxy) is 2. The second-order valence-corrected chi connectivity index (χ2v) is 8.13. The lowest BCUT2D eigenvalue weighted by atomic mass is 10.0. The number of fused-ring (bicyclic) bond motifs is 1. The Morgan fingerprint density at radius 2 is 1.91 bits per heavy atom. The summed E-state index contributed by atoms with van der Waals surface area (Å²) in [6.45, 7) is 2.79. The van der Waals surface area contributed by atoms with Gasteiger partial charge in [0, 0.05) is 55.4 Å². The molecular formula is C25H25F2NO5. The van der Waals surface area contributed by atoms with Crippen LogP contribution in [0.3, 0.4) is 0 Å². The average molecular weight is 457 g/mol. The fraction of sp³-hybridized carbons (Fsp3) is 0.360. The lowest BCUT2D eigenvalue weighted by Gasteiger charge is -2.32. The third kappa shape index (κ3) is 4.99. The molecule has 1 fully saturated rings. The van der Waals surface area contributed by atoms with Gasteiger partial charge in [-0.1, -0.05) is 0 Å². The first kappa shape index (κ1) is 22.8. The quantitative estimate of drug-likeness (QED) is 0.514. The molecule has 2 aromatic carbocycles. The van der Waals surface area contributed by atoms with Gasteiger partial charge >= 0.3 is 5.63 Å². The van der Waals surface area contributed by atoms with Crippen molar-refractivity contribution < 1.29 is 27.5 Å². The van der Waals surface area contributed by atoms with Gasteiger partial charge < -0.3 is 18.8 Å². The molecule has 1 aromatic heterocycles. The molecule has 174 valence electrons. The number of amides is 1. The van der Waals surface area contributed by atoms with Crippen LogP contribution in [0.2, 0.25) is 0 Å². The van der Waals surface area contributed by atoms with Crippen LogP contribution in [-0.2, 0) is 11.2 Å². The molecule has 0 atom stereocenters. The maximum atomic E-state index is 13.8. The topological polar surface area (TPSA) is 69.0 Å². The van der Waals surface area contributed by atoms with Crippen molar-refractivity contribution in [2.75, 3.05) is 20.2 Å². The van der Waals surface area contributed by atoms with Crippen LogP contribution in [0.5, 0.6) is 11.5 Å². The van der Waals surface area contributed by atoms with Crippen molar-refractivity contribution in [3.05, 3.63) is 69.6 Å². The molecule has 1 aliphatic heterocycles. The summed E-state index contributed by atoms with van der Waals surface area (Å²) in [5.41, 5.74) is 1.29. The Morgan fingerprint density at radius 1 is 1.15 bits per heavy atom. The van der Waals surface area contributed by atoms with E-state index < -0.39 is 17.3 Å². The van der Waals surface area contributed by atoms with Gasteiger partial charge in [-0.25, -0.2) is 13.6 Å². The minimum absolute atomic E-state index is 0.0114. The van der Waals surface area contributed by atoms with Gasteiger partial charge in [-0.2, -0.15) is 0 Å². The number of rotatable bonds is 6. The van der Waals surface area contributed by atoms with Gasteiger partial charge in [0.25, 0.3) is 0 Å². The predicted molar refractivity (Wildman–Crippen MR) is 119 cm³/mol. The third-order valence-electron chi connectivity index (χ3n) is 6.07. The van der Waals surface area contributed by atoms with E-state index in [0.29, 0.717) is 42.8 Å². The second kappa shape index (κ2) is 9.60. The highest BCUT2D eigenvalue weighted by Gasteiger charge is 2.25. The van der Waals surface area contributed by atoms with Crippen LogP contribution in [0.4, 0.5) is 8.78 Å². The summed E-state index contributed by atoms with van der Waals surface area (Å²) in [6, 6.07) is 8.52. The molecule has 6 nitrogen and oxygen atoms in total. The number of piperidine rings is 1. The Labute approximate surface area is 189 Å². The molecule has 3 aromatic rings. The van der Waals surface area contributed by atoms with Crippen molar-refractivity contribution in [2.45, 2.75) is 38.7 Å². The third-order valence-corrected chi connectivity index (χ3v) is 6.07. The summed E-state index contributed by atoms with van der Waals surface area (Å²) < 4.78 is 43.1. The number of aryl methyl sites for hydroxylation is 1. The average Bonchev–Trinajstić information content (AvgIpc) is 2.80. The lowest BCUT2D eigenvalue weighted by Crippen LogP contribution is -2.42. The Kier molecular flexibility index (Phi) is 6.62. The molecular weight excluding hydrogens is 432 g/mol. The molecule has 2 heterocycles. The molecule has 0 aliphatic carbocycles. The fourth-order valence-electron chi connectivity index (χ4n) is 4.15. The Hall–Kier alpha value is -3.42. The minimum atomic E-state index is -0.739. The first-order chi connectivity index (χ1) is 15.9. The molecule has 0 spiro atoms. The zero-order chi connectivity index (χ0) is 23.5. The number of carbonyl (C=O) groups is 1. The molecule has 0 saturated carbocycles. The summed E-state index contributed by atoms with van der Waals surface area (Å²) in [5, 5.41) is 0.809. The highest BCUT2D eigenvalue weighted by atomic mass is 19.1. The number of hydrogen-bond donors (Lipinski definition) is 0. The van der Waals surface area contributed by atoms with Gasteiger partial charge in [0.2, 0.25) is 5.91 Å². The fourth-order valence-corrected chi connectivity index (χ4v) is 4.15. The van der Waals surface area contributed by atoms with Crippen LogP contribution >= 0.6 is 0 Å². The van der Waals surface area contributed by atoms with Crippen LogP contribution < -0.4 is 15.1 Å². The zero-order valence-electron chi connectivity index (χ0n) is 18.5. The van der Waals surface area contributed by atoms with Crippen molar-refractivity contribution in [1.82, 2.24) is 4.90 Å². The number of methoxy groups -OCH3 is 1. The van der Waals surface area contributed by atoms with Crippen LogP contribution in [-0.4, -0.2) is 37.1 Å².